The fourth-order valence-corrected chi connectivity index (χ4v) is 5.15. The summed E-state index contributed by atoms with van der Waals surface area (Å²) in [7, 11) is 0. The number of thiophene rings is 1. The largest absolute Gasteiger partial charge is 0.461 e. The molecule has 1 atom stereocenters. The predicted molar refractivity (Wildman–Crippen MR) is 118 cm³/mol. The molecule has 0 spiro atoms. The predicted octanol–water partition coefficient (Wildman–Crippen LogP) is 5.29. The van der Waals surface area contributed by atoms with Gasteiger partial charge in [0.15, 0.2) is 0 Å². The summed E-state index contributed by atoms with van der Waals surface area (Å²) in [5, 5.41) is 1.14. The fraction of sp³-hybridized carbons (Fsp3) is 0.409. The van der Waals surface area contributed by atoms with Gasteiger partial charge in [-0.15, -0.1) is 11.3 Å². The topological polar surface area (TPSA) is 55.3 Å². The molecule has 0 N–H and O–H groups in total. The number of hydrogen-bond donors (Lipinski definition) is 0. The van der Waals surface area contributed by atoms with Crippen LogP contribution in [0.2, 0.25) is 5.28 Å². The van der Waals surface area contributed by atoms with Crippen molar-refractivity contribution in [2.75, 3.05) is 24.6 Å². The Morgan fingerprint density at radius 2 is 2.10 bits per heavy atom. The molecule has 0 bridgehead atoms. The minimum absolute atomic E-state index is 0.218. The van der Waals surface area contributed by atoms with E-state index in [1.165, 1.54) is 17.8 Å². The molecule has 7 heteroatoms. The van der Waals surface area contributed by atoms with Crippen molar-refractivity contribution in [1.82, 2.24) is 9.97 Å². The molecular formula is C22H24ClN3O2S. The molecule has 1 fully saturated rings. The highest BCUT2D eigenvalue weighted by atomic mass is 35.5. The van der Waals surface area contributed by atoms with Gasteiger partial charge in [0.05, 0.1) is 12.0 Å². The maximum atomic E-state index is 12.7. The van der Waals surface area contributed by atoms with Gasteiger partial charge in [0, 0.05) is 19.5 Å². The number of rotatable bonds is 5. The summed E-state index contributed by atoms with van der Waals surface area (Å²) in [5.41, 5.74) is 2.02. The number of anilines is 1. The highest BCUT2D eigenvalue weighted by Crippen LogP contribution is 2.37. The average molecular weight is 430 g/mol. The quantitative estimate of drug-likeness (QED) is 0.407. The Labute approximate surface area is 179 Å². The molecule has 4 rings (SSSR count). The van der Waals surface area contributed by atoms with Crippen molar-refractivity contribution in [2.45, 2.75) is 33.1 Å². The highest BCUT2D eigenvalue weighted by Gasteiger charge is 2.26. The van der Waals surface area contributed by atoms with Crippen molar-refractivity contribution in [3.05, 3.63) is 51.6 Å². The second-order valence-electron chi connectivity index (χ2n) is 7.62. The van der Waals surface area contributed by atoms with Gasteiger partial charge in [0.25, 0.3) is 0 Å². The van der Waals surface area contributed by atoms with Gasteiger partial charge < -0.3 is 9.64 Å². The van der Waals surface area contributed by atoms with Crippen LogP contribution in [0.5, 0.6) is 0 Å². The number of aromatic nitrogens is 2. The molecule has 5 nitrogen and oxygen atoms in total. The van der Waals surface area contributed by atoms with E-state index in [1.54, 1.807) is 0 Å². The van der Waals surface area contributed by atoms with Gasteiger partial charge in [-0.05, 0) is 48.4 Å². The molecule has 0 amide bonds. The first-order chi connectivity index (χ1) is 14.0. The van der Waals surface area contributed by atoms with Crippen molar-refractivity contribution in [3.8, 4) is 0 Å². The van der Waals surface area contributed by atoms with Crippen LogP contribution in [0, 0.1) is 12.8 Å². The summed E-state index contributed by atoms with van der Waals surface area (Å²) >= 11 is 7.55. The summed E-state index contributed by atoms with van der Waals surface area (Å²) < 4.78 is 5.55. The standard InChI is InChI=1S/C22H24ClN3O2S/c1-14-7-6-11-26(13-14)19-17-15(2)18(29-20(17)25-22(23)24-19)21(27)28-12-10-16-8-4-3-5-9-16/h3-5,8-9,14H,6-7,10-13H2,1-2H3. The van der Waals surface area contributed by atoms with Crippen LogP contribution in [-0.2, 0) is 11.2 Å². The Morgan fingerprint density at radius 1 is 1.31 bits per heavy atom. The molecule has 152 valence electrons. The van der Waals surface area contributed by atoms with Gasteiger partial charge in [0.1, 0.15) is 15.5 Å². The van der Waals surface area contributed by atoms with Crippen LogP contribution in [0.1, 0.15) is 40.6 Å². The number of aryl methyl sites for hydroxylation is 1. The molecule has 1 aliphatic heterocycles. The first-order valence-electron chi connectivity index (χ1n) is 9.95. The summed E-state index contributed by atoms with van der Waals surface area (Å²) in [6, 6.07) is 10.0. The lowest BCUT2D eigenvalue weighted by atomic mass is 10.00. The zero-order valence-corrected chi connectivity index (χ0v) is 18.2. The number of fused-ring (bicyclic) bond motifs is 1. The number of ether oxygens (including phenoxy) is 1. The Kier molecular flexibility index (Phi) is 6.01. The van der Waals surface area contributed by atoms with Crippen LogP contribution < -0.4 is 4.90 Å². The number of halogens is 1. The minimum Gasteiger partial charge on any atom is -0.461 e. The molecule has 1 unspecified atom stereocenters. The van der Waals surface area contributed by atoms with Crippen molar-refractivity contribution in [1.29, 1.82) is 0 Å². The molecule has 0 saturated carbocycles. The Balaban J connectivity index is 1.58. The Hall–Kier alpha value is -2.18. The SMILES string of the molecule is Cc1c(C(=O)OCCc2ccccc2)sc2nc(Cl)nc(N3CCCC(C)C3)c12. The summed E-state index contributed by atoms with van der Waals surface area (Å²) in [6.45, 7) is 6.43. The van der Waals surface area contributed by atoms with Crippen LogP contribution in [0.25, 0.3) is 10.2 Å². The van der Waals surface area contributed by atoms with Crippen LogP contribution in [-0.4, -0.2) is 35.6 Å². The zero-order valence-electron chi connectivity index (χ0n) is 16.7. The van der Waals surface area contributed by atoms with E-state index in [9.17, 15) is 4.79 Å². The third-order valence-electron chi connectivity index (χ3n) is 5.35. The van der Waals surface area contributed by atoms with Gasteiger partial charge in [-0.1, -0.05) is 37.3 Å². The first-order valence-corrected chi connectivity index (χ1v) is 11.1. The fourth-order valence-electron chi connectivity index (χ4n) is 3.87. The maximum Gasteiger partial charge on any atom is 0.348 e. The maximum absolute atomic E-state index is 12.7. The van der Waals surface area contributed by atoms with E-state index in [0.717, 1.165) is 46.7 Å². The average Bonchev–Trinajstić information content (AvgIpc) is 3.04. The molecule has 1 aliphatic rings. The van der Waals surface area contributed by atoms with Crippen LogP contribution in [0.4, 0.5) is 5.82 Å². The Bertz CT molecular complexity index is 1020. The number of piperidine rings is 1. The van der Waals surface area contributed by atoms with Crippen molar-refractivity contribution in [3.63, 3.8) is 0 Å². The van der Waals surface area contributed by atoms with E-state index in [4.69, 9.17) is 16.3 Å². The van der Waals surface area contributed by atoms with E-state index in [-0.39, 0.29) is 11.3 Å². The van der Waals surface area contributed by atoms with E-state index in [0.29, 0.717) is 23.8 Å². The van der Waals surface area contributed by atoms with Gasteiger partial charge in [-0.3, -0.25) is 0 Å². The molecule has 2 aromatic heterocycles. The van der Waals surface area contributed by atoms with Crippen molar-refractivity contribution < 1.29 is 9.53 Å². The molecule has 3 aromatic rings. The van der Waals surface area contributed by atoms with E-state index in [1.807, 2.05) is 37.3 Å². The van der Waals surface area contributed by atoms with Gasteiger partial charge in [0.2, 0.25) is 5.28 Å². The number of carbonyl (C=O) groups excluding carboxylic acids is 1. The normalized spacial score (nSPS) is 16.9. The lowest BCUT2D eigenvalue weighted by molar-refractivity contribution is 0.0514. The lowest BCUT2D eigenvalue weighted by Gasteiger charge is -2.32. The van der Waals surface area contributed by atoms with E-state index < -0.39 is 0 Å². The molecule has 29 heavy (non-hydrogen) atoms. The van der Waals surface area contributed by atoms with Gasteiger partial charge >= 0.3 is 5.97 Å². The monoisotopic (exact) mass is 429 g/mol. The number of carbonyl (C=O) groups is 1. The van der Waals surface area contributed by atoms with Crippen LogP contribution in [0.3, 0.4) is 0 Å². The van der Waals surface area contributed by atoms with E-state index in [2.05, 4.69) is 21.8 Å². The molecule has 1 aromatic carbocycles. The second kappa shape index (κ2) is 8.67. The number of benzene rings is 1. The number of nitrogens with zero attached hydrogens (tertiary/aromatic N) is 3. The first kappa shape index (κ1) is 20.1. The Morgan fingerprint density at radius 3 is 2.86 bits per heavy atom. The van der Waals surface area contributed by atoms with Crippen molar-refractivity contribution >= 4 is 44.9 Å². The summed E-state index contributed by atoms with van der Waals surface area (Å²) in [6.07, 6.45) is 3.04. The summed E-state index contributed by atoms with van der Waals surface area (Å²) in [4.78, 5) is 25.2. The van der Waals surface area contributed by atoms with Gasteiger partial charge in [-0.2, -0.15) is 4.98 Å². The van der Waals surface area contributed by atoms with Crippen LogP contribution in [0.15, 0.2) is 30.3 Å². The third kappa shape index (κ3) is 4.38. The zero-order chi connectivity index (χ0) is 20.4. The molecule has 1 saturated heterocycles. The number of hydrogen-bond acceptors (Lipinski definition) is 6. The highest BCUT2D eigenvalue weighted by molar-refractivity contribution is 7.20. The van der Waals surface area contributed by atoms with Crippen LogP contribution >= 0.6 is 22.9 Å². The van der Waals surface area contributed by atoms with Gasteiger partial charge in [-0.25, -0.2) is 9.78 Å². The minimum atomic E-state index is -0.310. The van der Waals surface area contributed by atoms with E-state index >= 15 is 0 Å². The molecule has 0 aliphatic carbocycles. The molecule has 3 heterocycles. The molecular weight excluding hydrogens is 406 g/mol. The van der Waals surface area contributed by atoms with Crippen molar-refractivity contribution in [2.24, 2.45) is 5.92 Å². The summed E-state index contributed by atoms with van der Waals surface area (Å²) in [5.74, 6) is 1.13. The third-order valence-corrected chi connectivity index (χ3v) is 6.69. The lowest BCUT2D eigenvalue weighted by Crippen LogP contribution is -2.35. The number of esters is 1. The second-order valence-corrected chi connectivity index (χ2v) is 8.95. The molecule has 0 radical (unpaired) electrons. The smallest absolute Gasteiger partial charge is 0.348 e.